The highest BCUT2D eigenvalue weighted by Crippen LogP contribution is 2.32. The van der Waals surface area contributed by atoms with E-state index in [2.05, 4.69) is 23.3 Å². The molecule has 1 N–H and O–H groups in total. The molecule has 2 amide bonds. The van der Waals surface area contributed by atoms with E-state index in [0.717, 1.165) is 42.8 Å². The molecule has 2 aliphatic rings. The highest BCUT2D eigenvalue weighted by Gasteiger charge is 2.36. The molecule has 1 saturated carbocycles. The molecule has 2 fully saturated rings. The average molecular weight is 372 g/mol. The van der Waals surface area contributed by atoms with E-state index in [-0.39, 0.29) is 29.6 Å². The van der Waals surface area contributed by atoms with Crippen molar-refractivity contribution in [2.75, 3.05) is 19.6 Å². The lowest BCUT2D eigenvalue weighted by atomic mass is 9.96. The van der Waals surface area contributed by atoms with Gasteiger partial charge in [-0.15, -0.1) is 11.3 Å². The van der Waals surface area contributed by atoms with Gasteiger partial charge in [0, 0.05) is 31.5 Å². The van der Waals surface area contributed by atoms with Gasteiger partial charge in [0.15, 0.2) is 0 Å². The van der Waals surface area contributed by atoms with Crippen molar-refractivity contribution >= 4 is 33.4 Å². The van der Waals surface area contributed by atoms with Crippen molar-refractivity contribution in [3.63, 3.8) is 0 Å². The molecule has 4 rings (SSSR count). The van der Waals surface area contributed by atoms with Crippen LogP contribution in [0.3, 0.4) is 0 Å². The monoisotopic (exact) mass is 371 g/mol. The standard InChI is InChI=1S/C20H25N3O2S/c1-13(19-22-16-6-2-3-7-17(16)26-19)11-21-18(24)15-5-4-10-23(12-15)20(25)14-8-9-14/h2-3,6-7,13-15H,4-5,8-12H2,1H3,(H,21,24). The Balaban J connectivity index is 1.31. The van der Waals surface area contributed by atoms with E-state index in [9.17, 15) is 9.59 Å². The Morgan fingerprint density at radius 3 is 2.85 bits per heavy atom. The molecule has 2 heterocycles. The van der Waals surface area contributed by atoms with Crippen LogP contribution in [0.5, 0.6) is 0 Å². The summed E-state index contributed by atoms with van der Waals surface area (Å²) in [6.45, 7) is 4.07. The molecule has 0 radical (unpaired) electrons. The van der Waals surface area contributed by atoms with Gasteiger partial charge in [-0.25, -0.2) is 4.98 Å². The number of nitrogens with one attached hydrogen (secondary N) is 1. The number of thiazole rings is 1. The van der Waals surface area contributed by atoms with E-state index in [1.807, 2.05) is 23.1 Å². The van der Waals surface area contributed by atoms with Crippen molar-refractivity contribution in [2.24, 2.45) is 11.8 Å². The number of carbonyl (C=O) groups is 2. The number of hydrogen-bond donors (Lipinski definition) is 1. The number of aromatic nitrogens is 1. The molecule has 138 valence electrons. The Labute approximate surface area is 157 Å². The number of benzene rings is 1. The third-order valence-electron chi connectivity index (χ3n) is 5.34. The topological polar surface area (TPSA) is 62.3 Å². The van der Waals surface area contributed by atoms with Crippen LogP contribution in [-0.4, -0.2) is 41.3 Å². The van der Waals surface area contributed by atoms with Crippen LogP contribution in [0.4, 0.5) is 0 Å². The first-order chi connectivity index (χ1) is 12.6. The predicted octanol–water partition coefficient (Wildman–Crippen LogP) is 3.16. The second kappa shape index (κ2) is 7.35. The number of fused-ring (bicyclic) bond motifs is 1. The third-order valence-corrected chi connectivity index (χ3v) is 6.61. The fourth-order valence-corrected chi connectivity index (χ4v) is 4.58. The zero-order chi connectivity index (χ0) is 18.1. The van der Waals surface area contributed by atoms with Gasteiger partial charge in [-0.05, 0) is 37.8 Å². The number of para-hydroxylation sites is 1. The maximum absolute atomic E-state index is 12.6. The zero-order valence-electron chi connectivity index (χ0n) is 15.1. The number of hydrogen-bond acceptors (Lipinski definition) is 4. The fourth-order valence-electron chi connectivity index (χ4n) is 3.57. The minimum Gasteiger partial charge on any atom is -0.355 e. The lowest BCUT2D eigenvalue weighted by molar-refractivity contribution is -0.136. The van der Waals surface area contributed by atoms with Crippen LogP contribution in [0.2, 0.25) is 0 Å². The Bertz CT molecular complexity index is 781. The maximum Gasteiger partial charge on any atom is 0.225 e. The molecule has 5 nitrogen and oxygen atoms in total. The smallest absolute Gasteiger partial charge is 0.225 e. The second-order valence-corrected chi connectivity index (χ2v) is 8.63. The van der Waals surface area contributed by atoms with E-state index < -0.39 is 0 Å². The van der Waals surface area contributed by atoms with Gasteiger partial charge in [-0.3, -0.25) is 9.59 Å². The molecule has 1 aromatic heterocycles. The number of piperidine rings is 1. The van der Waals surface area contributed by atoms with E-state index >= 15 is 0 Å². The van der Waals surface area contributed by atoms with Gasteiger partial charge in [0.1, 0.15) is 0 Å². The molecule has 6 heteroatoms. The fraction of sp³-hybridized carbons (Fsp3) is 0.550. The lowest BCUT2D eigenvalue weighted by Crippen LogP contribution is -2.46. The predicted molar refractivity (Wildman–Crippen MR) is 103 cm³/mol. The largest absolute Gasteiger partial charge is 0.355 e. The molecular weight excluding hydrogens is 346 g/mol. The third kappa shape index (κ3) is 3.75. The van der Waals surface area contributed by atoms with Crippen molar-refractivity contribution in [1.29, 1.82) is 0 Å². The van der Waals surface area contributed by atoms with E-state index in [1.165, 1.54) is 4.70 Å². The summed E-state index contributed by atoms with van der Waals surface area (Å²) in [5.41, 5.74) is 1.02. The quantitative estimate of drug-likeness (QED) is 0.878. The van der Waals surface area contributed by atoms with Crippen LogP contribution in [0, 0.1) is 11.8 Å². The van der Waals surface area contributed by atoms with Crippen LogP contribution in [-0.2, 0) is 9.59 Å². The number of amides is 2. The minimum absolute atomic E-state index is 0.0750. The Morgan fingerprint density at radius 2 is 2.08 bits per heavy atom. The lowest BCUT2D eigenvalue weighted by Gasteiger charge is -2.32. The number of likely N-dealkylation sites (tertiary alicyclic amines) is 1. The van der Waals surface area contributed by atoms with Crippen LogP contribution in [0.1, 0.15) is 43.5 Å². The van der Waals surface area contributed by atoms with Gasteiger partial charge < -0.3 is 10.2 Å². The van der Waals surface area contributed by atoms with Crippen LogP contribution in [0.25, 0.3) is 10.2 Å². The van der Waals surface area contributed by atoms with Gasteiger partial charge >= 0.3 is 0 Å². The van der Waals surface area contributed by atoms with E-state index in [0.29, 0.717) is 13.1 Å². The van der Waals surface area contributed by atoms with Gasteiger partial charge in [-0.2, -0.15) is 0 Å². The van der Waals surface area contributed by atoms with Gasteiger partial charge in [0.2, 0.25) is 11.8 Å². The van der Waals surface area contributed by atoms with Crippen molar-refractivity contribution in [3.05, 3.63) is 29.3 Å². The molecule has 1 saturated heterocycles. The molecule has 2 unspecified atom stereocenters. The van der Waals surface area contributed by atoms with Crippen LogP contribution >= 0.6 is 11.3 Å². The van der Waals surface area contributed by atoms with Crippen molar-refractivity contribution in [3.8, 4) is 0 Å². The Morgan fingerprint density at radius 1 is 1.27 bits per heavy atom. The minimum atomic E-state index is -0.0750. The van der Waals surface area contributed by atoms with Crippen LogP contribution in [0.15, 0.2) is 24.3 Å². The molecular formula is C20H25N3O2S. The molecule has 26 heavy (non-hydrogen) atoms. The average Bonchev–Trinajstić information content (AvgIpc) is 3.43. The summed E-state index contributed by atoms with van der Waals surface area (Å²) >= 11 is 1.69. The number of rotatable bonds is 5. The molecule has 0 spiro atoms. The molecule has 1 aliphatic heterocycles. The summed E-state index contributed by atoms with van der Waals surface area (Å²) < 4.78 is 1.18. The first-order valence-electron chi connectivity index (χ1n) is 9.54. The van der Waals surface area contributed by atoms with Crippen LogP contribution < -0.4 is 5.32 Å². The highest BCUT2D eigenvalue weighted by molar-refractivity contribution is 7.18. The van der Waals surface area contributed by atoms with Crippen molar-refractivity contribution in [2.45, 2.75) is 38.5 Å². The molecule has 0 bridgehead atoms. The first kappa shape index (κ1) is 17.5. The number of nitrogens with zero attached hydrogens (tertiary/aromatic N) is 2. The van der Waals surface area contributed by atoms with Crippen molar-refractivity contribution < 1.29 is 9.59 Å². The maximum atomic E-state index is 12.6. The second-order valence-electron chi connectivity index (χ2n) is 7.56. The Kier molecular flexibility index (Phi) is 4.94. The van der Waals surface area contributed by atoms with Crippen molar-refractivity contribution in [1.82, 2.24) is 15.2 Å². The summed E-state index contributed by atoms with van der Waals surface area (Å²) in [7, 11) is 0. The molecule has 1 aromatic carbocycles. The summed E-state index contributed by atoms with van der Waals surface area (Å²) in [5, 5.41) is 4.15. The zero-order valence-corrected chi connectivity index (χ0v) is 15.9. The first-order valence-corrected chi connectivity index (χ1v) is 10.4. The van der Waals surface area contributed by atoms with E-state index in [1.54, 1.807) is 11.3 Å². The van der Waals surface area contributed by atoms with Gasteiger partial charge in [-0.1, -0.05) is 19.1 Å². The Hall–Kier alpha value is -1.95. The van der Waals surface area contributed by atoms with E-state index in [4.69, 9.17) is 0 Å². The number of carbonyl (C=O) groups excluding carboxylic acids is 2. The van der Waals surface area contributed by atoms with Gasteiger partial charge in [0.05, 0.1) is 21.1 Å². The summed E-state index contributed by atoms with van der Waals surface area (Å²) in [6, 6.07) is 8.12. The highest BCUT2D eigenvalue weighted by atomic mass is 32.1. The SMILES string of the molecule is CC(CNC(=O)C1CCCN(C(=O)C2CC2)C1)c1nc2ccccc2s1. The molecule has 1 aliphatic carbocycles. The molecule has 2 aromatic rings. The molecule has 2 atom stereocenters. The summed E-state index contributed by atoms with van der Waals surface area (Å²) in [5.74, 6) is 0.672. The van der Waals surface area contributed by atoms with Gasteiger partial charge in [0.25, 0.3) is 0 Å². The summed E-state index contributed by atoms with van der Waals surface area (Å²) in [6.07, 6.45) is 3.83. The summed E-state index contributed by atoms with van der Waals surface area (Å²) in [4.78, 5) is 31.4. The normalized spacial score (nSPS) is 21.6.